The van der Waals surface area contributed by atoms with Crippen molar-refractivity contribution in [3.63, 3.8) is 0 Å². The van der Waals surface area contributed by atoms with Gasteiger partial charge in [-0.25, -0.2) is 4.98 Å². The van der Waals surface area contributed by atoms with Crippen LogP contribution in [0.1, 0.15) is 48.7 Å². The summed E-state index contributed by atoms with van der Waals surface area (Å²) in [5, 5.41) is 8.49. The Kier molecular flexibility index (Phi) is 4.26. The van der Waals surface area contributed by atoms with Crippen molar-refractivity contribution in [2.24, 2.45) is 13.0 Å². The smallest absolute Gasteiger partial charge is 0.252 e. The van der Waals surface area contributed by atoms with Gasteiger partial charge >= 0.3 is 0 Å². The van der Waals surface area contributed by atoms with Crippen LogP contribution in [0, 0.1) is 12.8 Å². The Morgan fingerprint density at radius 2 is 2.08 bits per heavy atom. The van der Waals surface area contributed by atoms with E-state index in [2.05, 4.69) is 22.3 Å². The first-order chi connectivity index (χ1) is 12.5. The number of nitrogens with one attached hydrogen (secondary N) is 1. The van der Waals surface area contributed by atoms with Gasteiger partial charge in [0, 0.05) is 13.1 Å². The van der Waals surface area contributed by atoms with Gasteiger partial charge in [-0.05, 0) is 56.7 Å². The average Bonchev–Trinajstić information content (AvgIpc) is 3.25. The van der Waals surface area contributed by atoms with Crippen molar-refractivity contribution in [1.29, 1.82) is 0 Å². The number of rotatable bonds is 3. The Labute approximate surface area is 152 Å². The fraction of sp³-hybridized carbons (Fsp3) is 0.450. The molecule has 136 valence electrons. The molecule has 0 radical (unpaired) electrons. The summed E-state index contributed by atoms with van der Waals surface area (Å²) in [6.07, 6.45) is 6.02. The number of aryl methyl sites for hydroxylation is 2. The fourth-order valence-electron chi connectivity index (χ4n) is 3.84. The minimum absolute atomic E-state index is 0.0548. The van der Waals surface area contributed by atoms with Crippen LogP contribution in [0.25, 0.3) is 22.5 Å². The highest BCUT2D eigenvalue weighted by molar-refractivity contribution is 6.07. The molecule has 6 nitrogen and oxygen atoms in total. The van der Waals surface area contributed by atoms with E-state index in [0.29, 0.717) is 22.7 Å². The van der Waals surface area contributed by atoms with E-state index >= 15 is 0 Å². The predicted molar refractivity (Wildman–Crippen MR) is 99.8 cm³/mol. The number of hydrogen-bond acceptors (Lipinski definition) is 4. The maximum Gasteiger partial charge on any atom is 0.252 e. The molecule has 1 fully saturated rings. The highest BCUT2D eigenvalue weighted by Gasteiger charge is 2.24. The van der Waals surface area contributed by atoms with Crippen molar-refractivity contribution in [3.05, 3.63) is 35.7 Å². The Bertz CT molecular complexity index is 935. The second-order valence-corrected chi connectivity index (χ2v) is 7.37. The average molecular weight is 352 g/mol. The van der Waals surface area contributed by atoms with Gasteiger partial charge in [-0.1, -0.05) is 6.92 Å². The molecule has 0 bridgehead atoms. The summed E-state index contributed by atoms with van der Waals surface area (Å²) in [5.74, 6) is 1.34. The van der Waals surface area contributed by atoms with Gasteiger partial charge in [0.15, 0.2) is 11.4 Å². The van der Waals surface area contributed by atoms with Gasteiger partial charge in [0.05, 0.1) is 22.9 Å². The molecule has 0 aliphatic heterocycles. The van der Waals surface area contributed by atoms with Crippen LogP contribution < -0.4 is 5.32 Å². The Morgan fingerprint density at radius 3 is 2.77 bits per heavy atom. The maximum atomic E-state index is 13.1. The van der Waals surface area contributed by atoms with Crippen LogP contribution in [0.5, 0.6) is 0 Å². The number of aromatic nitrogens is 3. The van der Waals surface area contributed by atoms with E-state index in [1.54, 1.807) is 10.9 Å². The maximum absolute atomic E-state index is 13.1. The summed E-state index contributed by atoms with van der Waals surface area (Å²) in [4.78, 5) is 17.7. The summed E-state index contributed by atoms with van der Waals surface area (Å²) in [6.45, 7) is 4.19. The van der Waals surface area contributed by atoms with Crippen LogP contribution in [-0.2, 0) is 7.05 Å². The minimum atomic E-state index is -0.0548. The zero-order chi connectivity index (χ0) is 18.3. The van der Waals surface area contributed by atoms with Crippen molar-refractivity contribution in [1.82, 2.24) is 20.1 Å². The highest BCUT2D eigenvalue weighted by Crippen LogP contribution is 2.28. The summed E-state index contributed by atoms with van der Waals surface area (Å²) >= 11 is 0. The topological polar surface area (TPSA) is 73.0 Å². The molecular weight excluding hydrogens is 328 g/mol. The van der Waals surface area contributed by atoms with E-state index in [4.69, 9.17) is 4.42 Å². The second-order valence-electron chi connectivity index (χ2n) is 7.37. The molecule has 1 amide bonds. The lowest BCUT2D eigenvalue weighted by Crippen LogP contribution is -2.37. The number of fused-ring (bicyclic) bond motifs is 1. The first-order valence-electron chi connectivity index (χ1n) is 9.22. The molecule has 6 heteroatoms. The monoisotopic (exact) mass is 352 g/mol. The van der Waals surface area contributed by atoms with E-state index in [1.165, 1.54) is 12.8 Å². The molecule has 3 aromatic rings. The molecule has 4 rings (SSSR count). The van der Waals surface area contributed by atoms with E-state index in [1.807, 2.05) is 32.2 Å². The minimum Gasteiger partial charge on any atom is -0.463 e. The van der Waals surface area contributed by atoms with Gasteiger partial charge in [0.2, 0.25) is 0 Å². The lowest BCUT2D eigenvalue weighted by molar-refractivity contribution is 0.0924. The normalized spacial score (nSPS) is 20.4. The number of amides is 1. The first kappa shape index (κ1) is 16.8. The molecule has 0 atom stereocenters. The Morgan fingerprint density at radius 1 is 1.31 bits per heavy atom. The standard InChI is InChI=1S/C20H24N4O2/c1-12-6-8-14(9-7-12)21-20(25)15-11-16(17-5-4-10-26-17)22-19-18(15)13(2)23-24(19)3/h4-5,10-12,14H,6-9H2,1-3H3,(H,21,25). The van der Waals surface area contributed by atoms with E-state index in [0.717, 1.165) is 29.8 Å². The van der Waals surface area contributed by atoms with Crippen molar-refractivity contribution in [2.75, 3.05) is 0 Å². The molecular formula is C20H24N4O2. The molecule has 1 saturated carbocycles. The van der Waals surface area contributed by atoms with E-state index in [9.17, 15) is 4.79 Å². The molecule has 1 aliphatic rings. The first-order valence-corrected chi connectivity index (χ1v) is 9.22. The number of furan rings is 1. The van der Waals surface area contributed by atoms with Crippen molar-refractivity contribution in [3.8, 4) is 11.5 Å². The van der Waals surface area contributed by atoms with Crippen LogP contribution in [0.3, 0.4) is 0 Å². The van der Waals surface area contributed by atoms with Crippen LogP contribution >= 0.6 is 0 Å². The zero-order valence-electron chi connectivity index (χ0n) is 15.5. The third-order valence-electron chi connectivity index (χ3n) is 5.34. The number of carbonyl (C=O) groups excluding carboxylic acids is 1. The third kappa shape index (κ3) is 3.00. The second kappa shape index (κ2) is 6.59. The third-order valence-corrected chi connectivity index (χ3v) is 5.34. The van der Waals surface area contributed by atoms with E-state index < -0.39 is 0 Å². The quantitative estimate of drug-likeness (QED) is 0.777. The van der Waals surface area contributed by atoms with Crippen molar-refractivity contribution in [2.45, 2.75) is 45.6 Å². The van der Waals surface area contributed by atoms with Crippen LogP contribution in [0.2, 0.25) is 0 Å². The summed E-state index contributed by atoms with van der Waals surface area (Å²) in [5.41, 5.74) is 2.76. The Balaban J connectivity index is 1.74. The SMILES string of the molecule is Cc1nn(C)c2nc(-c3ccco3)cc(C(=O)NC3CCC(C)CC3)c12. The molecule has 3 heterocycles. The van der Waals surface area contributed by atoms with Crippen molar-refractivity contribution >= 4 is 16.9 Å². The largest absolute Gasteiger partial charge is 0.463 e. The summed E-state index contributed by atoms with van der Waals surface area (Å²) in [7, 11) is 1.85. The van der Waals surface area contributed by atoms with Gasteiger partial charge in [-0.15, -0.1) is 0 Å². The molecule has 26 heavy (non-hydrogen) atoms. The number of hydrogen-bond donors (Lipinski definition) is 1. The molecule has 0 saturated heterocycles. The highest BCUT2D eigenvalue weighted by atomic mass is 16.3. The number of nitrogens with zero attached hydrogens (tertiary/aromatic N) is 3. The molecule has 0 aromatic carbocycles. The zero-order valence-corrected chi connectivity index (χ0v) is 15.5. The lowest BCUT2D eigenvalue weighted by atomic mass is 9.87. The molecule has 3 aromatic heterocycles. The molecule has 1 aliphatic carbocycles. The van der Waals surface area contributed by atoms with Crippen molar-refractivity contribution < 1.29 is 9.21 Å². The molecule has 1 N–H and O–H groups in total. The van der Waals surface area contributed by atoms with Crippen LogP contribution in [0.15, 0.2) is 28.9 Å². The number of pyridine rings is 1. The fourth-order valence-corrected chi connectivity index (χ4v) is 3.84. The van der Waals surface area contributed by atoms with Gasteiger partial charge in [-0.2, -0.15) is 5.10 Å². The predicted octanol–water partition coefficient (Wildman–Crippen LogP) is 3.85. The van der Waals surface area contributed by atoms with Gasteiger partial charge < -0.3 is 9.73 Å². The van der Waals surface area contributed by atoms with Gasteiger partial charge in [-0.3, -0.25) is 9.48 Å². The molecule has 0 spiro atoms. The van der Waals surface area contributed by atoms with Gasteiger partial charge in [0.25, 0.3) is 5.91 Å². The van der Waals surface area contributed by atoms with Crippen LogP contribution in [0.4, 0.5) is 0 Å². The van der Waals surface area contributed by atoms with E-state index in [-0.39, 0.29) is 11.9 Å². The number of carbonyl (C=O) groups is 1. The van der Waals surface area contributed by atoms with Gasteiger partial charge in [0.1, 0.15) is 5.69 Å². The molecule has 0 unspecified atom stereocenters. The lowest BCUT2D eigenvalue weighted by Gasteiger charge is -2.27. The summed E-state index contributed by atoms with van der Waals surface area (Å²) < 4.78 is 7.21. The van der Waals surface area contributed by atoms with Crippen LogP contribution in [-0.4, -0.2) is 26.7 Å². The Hall–Kier alpha value is -2.63. The summed E-state index contributed by atoms with van der Waals surface area (Å²) in [6, 6.07) is 5.72.